The molecule has 1 aromatic carbocycles. The van der Waals surface area contributed by atoms with Crippen LogP contribution in [0.1, 0.15) is 12.5 Å². The molecule has 0 aliphatic heterocycles. The van der Waals surface area contributed by atoms with E-state index in [1.165, 1.54) is 13.2 Å². The third kappa shape index (κ3) is 4.75. The van der Waals surface area contributed by atoms with E-state index in [9.17, 15) is 4.79 Å². The minimum Gasteiger partial charge on any atom is -0.493 e. The Morgan fingerprint density at radius 2 is 2.15 bits per heavy atom. The van der Waals surface area contributed by atoms with Gasteiger partial charge in [0.1, 0.15) is 6.10 Å². The highest BCUT2D eigenvalue weighted by Gasteiger charge is 2.14. The van der Waals surface area contributed by atoms with E-state index in [0.29, 0.717) is 28.7 Å². The van der Waals surface area contributed by atoms with Crippen molar-refractivity contribution in [3.63, 3.8) is 0 Å². The number of hydrogen-bond donors (Lipinski definition) is 1. The molecule has 1 atom stereocenters. The molecule has 1 N–H and O–H groups in total. The van der Waals surface area contributed by atoms with Gasteiger partial charge < -0.3 is 19.3 Å². The molecule has 1 rings (SSSR count). The molecular formula is C14H17ClO5. The van der Waals surface area contributed by atoms with Gasteiger partial charge in [0.2, 0.25) is 0 Å². The van der Waals surface area contributed by atoms with Gasteiger partial charge in [-0.05, 0) is 30.7 Å². The van der Waals surface area contributed by atoms with E-state index in [2.05, 4.69) is 0 Å². The molecule has 6 heteroatoms. The maximum absolute atomic E-state index is 10.5. The van der Waals surface area contributed by atoms with Crippen LogP contribution in [0.5, 0.6) is 11.5 Å². The van der Waals surface area contributed by atoms with E-state index in [4.69, 9.17) is 30.9 Å². The van der Waals surface area contributed by atoms with Crippen molar-refractivity contribution in [2.45, 2.75) is 13.0 Å². The summed E-state index contributed by atoms with van der Waals surface area (Å²) < 4.78 is 15.9. The highest BCUT2D eigenvalue weighted by molar-refractivity contribution is 6.32. The van der Waals surface area contributed by atoms with Gasteiger partial charge in [0, 0.05) is 13.2 Å². The van der Waals surface area contributed by atoms with E-state index in [1.807, 2.05) is 6.92 Å². The lowest BCUT2D eigenvalue weighted by atomic mass is 10.2. The summed E-state index contributed by atoms with van der Waals surface area (Å²) in [5, 5.41) is 8.96. The number of carboxylic acid groups (broad SMARTS) is 1. The fourth-order valence-corrected chi connectivity index (χ4v) is 1.85. The van der Waals surface area contributed by atoms with Crippen LogP contribution in [-0.2, 0) is 9.53 Å². The Balaban J connectivity index is 3.04. The second-order valence-corrected chi connectivity index (χ2v) is 4.50. The molecule has 110 valence electrons. The minimum atomic E-state index is -1.03. The van der Waals surface area contributed by atoms with E-state index < -0.39 is 5.97 Å². The lowest BCUT2D eigenvalue weighted by Gasteiger charge is -2.18. The number of rotatable bonds is 7. The molecule has 0 bridgehead atoms. The highest BCUT2D eigenvalue weighted by atomic mass is 35.5. The first-order chi connectivity index (χ1) is 9.47. The van der Waals surface area contributed by atoms with Gasteiger partial charge in [-0.25, -0.2) is 4.79 Å². The van der Waals surface area contributed by atoms with Crippen LogP contribution in [0.3, 0.4) is 0 Å². The average molecular weight is 301 g/mol. The molecule has 0 spiro atoms. The summed E-state index contributed by atoms with van der Waals surface area (Å²) in [6, 6.07) is 3.26. The molecule has 0 aliphatic carbocycles. The van der Waals surface area contributed by atoms with Crippen LogP contribution in [0.4, 0.5) is 0 Å². The largest absolute Gasteiger partial charge is 0.493 e. The third-order valence-electron chi connectivity index (χ3n) is 2.39. The molecule has 0 radical (unpaired) electrons. The predicted octanol–water partition coefficient (Wildman–Crippen LogP) is 2.86. The van der Waals surface area contributed by atoms with Crippen molar-refractivity contribution in [2.75, 3.05) is 20.8 Å². The Labute approximate surface area is 122 Å². The number of ether oxygens (including phenoxy) is 3. The first-order valence-corrected chi connectivity index (χ1v) is 6.29. The van der Waals surface area contributed by atoms with Crippen molar-refractivity contribution in [3.8, 4) is 11.5 Å². The zero-order valence-corrected chi connectivity index (χ0v) is 12.3. The van der Waals surface area contributed by atoms with Crippen LogP contribution in [0.15, 0.2) is 18.2 Å². The van der Waals surface area contributed by atoms with Gasteiger partial charge in [0.05, 0.1) is 18.7 Å². The van der Waals surface area contributed by atoms with Crippen LogP contribution >= 0.6 is 11.6 Å². The fraction of sp³-hybridized carbons (Fsp3) is 0.357. The van der Waals surface area contributed by atoms with Gasteiger partial charge >= 0.3 is 5.97 Å². The van der Waals surface area contributed by atoms with Crippen LogP contribution in [-0.4, -0.2) is 38.0 Å². The zero-order valence-electron chi connectivity index (χ0n) is 11.6. The third-order valence-corrected chi connectivity index (χ3v) is 2.67. The quantitative estimate of drug-likeness (QED) is 0.784. The second-order valence-electron chi connectivity index (χ2n) is 4.09. The van der Waals surface area contributed by atoms with Gasteiger partial charge in [-0.1, -0.05) is 11.6 Å². The zero-order chi connectivity index (χ0) is 15.1. The topological polar surface area (TPSA) is 65.0 Å². The maximum Gasteiger partial charge on any atom is 0.328 e. The Morgan fingerprint density at radius 1 is 1.45 bits per heavy atom. The Bertz CT molecular complexity index is 499. The van der Waals surface area contributed by atoms with Crippen molar-refractivity contribution >= 4 is 23.6 Å². The van der Waals surface area contributed by atoms with Gasteiger partial charge in [0.25, 0.3) is 0 Å². The average Bonchev–Trinajstić information content (AvgIpc) is 2.39. The maximum atomic E-state index is 10.5. The number of halogens is 1. The van der Waals surface area contributed by atoms with E-state index in [0.717, 1.165) is 6.08 Å². The molecule has 0 heterocycles. The van der Waals surface area contributed by atoms with Crippen molar-refractivity contribution in [1.82, 2.24) is 0 Å². The molecule has 1 unspecified atom stereocenters. The Hall–Kier alpha value is -1.72. The Morgan fingerprint density at radius 3 is 2.70 bits per heavy atom. The van der Waals surface area contributed by atoms with Crippen molar-refractivity contribution < 1.29 is 24.1 Å². The Kier molecular flexibility index (Phi) is 6.35. The van der Waals surface area contributed by atoms with Crippen molar-refractivity contribution in [3.05, 3.63) is 28.8 Å². The molecule has 0 amide bonds. The monoisotopic (exact) mass is 300 g/mol. The predicted molar refractivity (Wildman–Crippen MR) is 76.6 cm³/mol. The molecule has 0 saturated heterocycles. The van der Waals surface area contributed by atoms with E-state index >= 15 is 0 Å². The summed E-state index contributed by atoms with van der Waals surface area (Å²) in [7, 11) is 3.07. The molecule has 0 aliphatic rings. The molecule has 5 nitrogen and oxygen atoms in total. The van der Waals surface area contributed by atoms with Gasteiger partial charge in [0.15, 0.2) is 11.5 Å². The van der Waals surface area contributed by atoms with Gasteiger partial charge in [-0.3, -0.25) is 0 Å². The number of carboxylic acids is 1. The standard InChI is InChI=1S/C14H17ClO5/c1-9(8-18-2)20-14-11(15)6-10(4-5-13(16)17)7-12(14)19-3/h4-7,9H,8H2,1-3H3,(H,16,17). The van der Waals surface area contributed by atoms with Gasteiger partial charge in [-0.2, -0.15) is 0 Å². The second kappa shape index (κ2) is 7.77. The number of methoxy groups -OCH3 is 2. The van der Waals surface area contributed by atoms with E-state index in [-0.39, 0.29) is 6.10 Å². The summed E-state index contributed by atoms with van der Waals surface area (Å²) >= 11 is 6.15. The molecule has 0 aromatic heterocycles. The smallest absolute Gasteiger partial charge is 0.328 e. The summed E-state index contributed by atoms with van der Waals surface area (Å²) in [4.78, 5) is 10.5. The van der Waals surface area contributed by atoms with Crippen LogP contribution < -0.4 is 9.47 Å². The first kappa shape index (κ1) is 16.3. The molecule has 20 heavy (non-hydrogen) atoms. The fourth-order valence-electron chi connectivity index (χ4n) is 1.59. The molecular weight excluding hydrogens is 284 g/mol. The number of carbonyl (C=O) groups is 1. The van der Waals surface area contributed by atoms with Crippen molar-refractivity contribution in [1.29, 1.82) is 0 Å². The highest BCUT2D eigenvalue weighted by Crippen LogP contribution is 2.37. The lowest BCUT2D eigenvalue weighted by Crippen LogP contribution is -2.18. The lowest BCUT2D eigenvalue weighted by molar-refractivity contribution is -0.131. The summed E-state index contributed by atoms with van der Waals surface area (Å²) in [5.41, 5.74) is 0.612. The minimum absolute atomic E-state index is 0.188. The van der Waals surface area contributed by atoms with Crippen molar-refractivity contribution in [2.24, 2.45) is 0 Å². The molecule has 1 aromatic rings. The molecule has 0 fully saturated rings. The summed E-state index contributed by atoms with van der Waals surface area (Å²) in [5.74, 6) is -0.189. The normalized spacial score (nSPS) is 12.4. The molecule has 0 saturated carbocycles. The SMILES string of the molecule is COCC(C)Oc1c(Cl)cc(C=CC(=O)O)cc1OC. The summed E-state index contributed by atoms with van der Waals surface area (Å²) in [6.45, 7) is 2.26. The summed E-state index contributed by atoms with van der Waals surface area (Å²) in [6.07, 6.45) is 2.27. The first-order valence-electron chi connectivity index (χ1n) is 5.92. The number of benzene rings is 1. The van der Waals surface area contributed by atoms with Crippen LogP contribution in [0.25, 0.3) is 6.08 Å². The number of aliphatic carboxylic acids is 1. The van der Waals surface area contributed by atoms with E-state index in [1.54, 1.807) is 19.2 Å². The van der Waals surface area contributed by atoms with Crippen LogP contribution in [0, 0.1) is 0 Å². The van der Waals surface area contributed by atoms with Gasteiger partial charge in [-0.15, -0.1) is 0 Å². The number of hydrogen-bond acceptors (Lipinski definition) is 4. The van der Waals surface area contributed by atoms with Crippen LogP contribution in [0.2, 0.25) is 5.02 Å².